The second kappa shape index (κ2) is 11.1. The van der Waals surface area contributed by atoms with Gasteiger partial charge >= 0.3 is 5.97 Å². The molecule has 0 aliphatic heterocycles. The van der Waals surface area contributed by atoms with E-state index in [-0.39, 0.29) is 26.9 Å². The van der Waals surface area contributed by atoms with Crippen molar-refractivity contribution in [1.29, 1.82) is 0 Å². The molecule has 2 atom stereocenters. The van der Waals surface area contributed by atoms with Crippen molar-refractivity contribution in [1.82, 2.24) is 0 Å². The normalized spacial score (nSPS) is 11.6. The Balaban J connectivity index is 0.00000196. The van der Waals surface area contributed by atoms with Crippen molar-refractivity contribution in [2.45, 2.75) is 25.2 Å². The van der Waals surface area contributed by atoms with Gasteiger partial charge in [0.1, 0.15) is 0 Å². The van der Waals surface area contributed by atoms with Crippen LogP contribution in [0, 0.1) is 5.92 Å². The van der Waals surface area contributed by atoms with Gasteiger partial charge in [0.25, 0.3) is 0 Å². The molecule has 0 aliphatic rings. The molecular weight excluding hydrogens is 431 g/mol. The minimum absolute atomic E-state index is 0. The van der Waals surface area contributed by atoms with Crippen LogP contribution in [-0.4, -0.2) is 11.1 Å². The molecule has 0 radical (unpaired) electrons. The van der Waals surface area contributed by atoms with Crippen LogP contribution in [0.2, 0.25) is 0 Å². The minimum Gasteiger partial charge on any atom is -0.481 e. The Morgan fingerprint density at radius 2 is 1.21 bits per heavy atom. The summed E-state index contributed by atoms with van der Waals surface area (Å²) in [4.78, 5) is 12.3. The molecule has 0 fully saturated rings. The van der Waals surface area contributed by atoms with E-state index >= 15 is 0 Å². The Kier molecular flexibility index (Phi) is 9.58. The van der Waals surface area contributed by atoms with Gasteiger partial charge in [0.05, 0.1) is 5.92 Å². The van der Waals surface area contributed by atoms with Crippen LogP contribution in [-0.2, 0) is 16.6 Å². The van der Waals surface area contributed by atoms with Crippen molar-refractivity contribution in [2.24, 2.45) is 5.92 Å². The van der Waals surface area contributed by atoms with E-state index in [1.807, 2.05) is 61.5 Å². The third-order valence-corrected chi connectivity index (χ3v) is 5.20. The first-order chi connectivity index (χ1) is 12.7. The molecule has 3 rings (SSSR count). The topological polar surface area (TPSA) is 37.3 Å². The first-order valence-corrected chi connectivity index (χ1v) is 9.06. The van der Waals surface area contributed by atoms with E-state index in [2.05, 4.69) is 36.4 Å². The number of hydrogen-bond acceptors (Lipinski definition) is 1. The van der Waals surface area contributed by atoms with E-state index in [4.69, 9.17) is 0 Å². The summed E-state index contributed by atoms with van der Waals surface area (Å²) in [6.07, 6.45) is 1.21. The second-order valence-corrected chi connectivity index (χ2v) is 6.66. The summed E-state index contributed by atoms with van der Waals surface area (Å²) in [5, 5.41) is 10.1. The van der Waals surface area contributed by atoms with E-state index in [0.717, 1.165) is 16.7 Å². The summed E-state index contributed by atoms with van der Waals surface area (Å²) in [5.74, 6) is -1.27. The predicted octanol–water partition coefficient (Wildman–Crippen LogP) is 5.96. The van der Waals surface area contributed by atoms with Gasteiger partial charge in [-0.1, -0.05) is 97.9 Å². The lowest BCUT2D eigenvalue weighted by Crippen LogP contribution is -2.42. The molecule has 2 unspecified atom stereocenters. The van der Waals surface area contributed by atoms with Gasteiger partial charge in [-0.05, 0) is 29.5 Å². The Bertz CT molecular complexity index is 799. The number of carboxylic acid groups (broad SMARTS) is 1. The van der Waals surface area contributed by atoms with E-state index in [0.29, 0.717) is 12.8 Å². The maximum Gasteiger partial charge on any atom is 0.307 e. The summed E-state index contributed by atoms with van der Waals surface area (Å²) in [5.41, 5.74) is 2.61. The minimum atomic E-state index is -0.754. The summed E-state index contributed by atoms with van der Waals surface area (Å²) >= 11 is 0. The smallest absolute Gasteiger partial charge is 0.307 e. The van der Waals surface area contributed by atoms with Gasteiger partial charge in [-0.25, -0.2) is 0 Å². The van der Waals surface area contributed by atoms with Gasteiger partial charge in [-0.2, -0.15) is 9.90 Å². The SMILES string of the molecule is Br.CCC(C(=O)O)C(Cc1ccccc1)(c1ccccc1)c1ccccc1.P. The van der Waals surface area contributed by atoms with Crippen LogP contribution in [0.3, 0.4) is 0 Å². The van der Waals surface area contributed by atoms with Crippen molar-refractivity contribution in [3.8, 4) is 0 Å². The maximum atomic E-state index is 12.3. The number of halogens is 1. The molecule has 3 aromatic carbocycles. The van der Waals surface area contributed by atoms with Crippen molar-refractivity contribution >= 4 is 32.8 Å². The van der Waals surface area contributed by atoms with Crippen LogP contribution in [0.1, 0.15) is 30.0 Å². The zero-order valence-electron chi connectivity index (χ0n) is 16.1. The number of hydrogen-bond donors (Lipinski definition) is 1. The van der Waals surface area contributed by atoms with Crippen molar-refractivity contribution in [3.63, 3.8) is 0 Å². The van der Waals surface area contributed by atoms with Crippen molar-refractivity contribution < 1.29 is 9.90 Å². The first-order valence-electron chi connectivity index (χ1n) is 9.06. The van der Waals surface area contributed by atoms with Crippen molar-refractivity contribution in [3.05, 3.63) is 108 Å². The van der Waals surface area contributed by atoms with Crippen LogP contribution in [0.4, 0.5) is 0 Å². The van der Waals surface area contributed by atoms with E-state index in [1.54, 1.807) is 0 Å². The fraction of sp³-hybridized carbons (Fsp3) is 0.208. The first kappa shape index (κ1) is 24.1. The highest BCUT2D eigenvalue weighted by Gasteiger charge is 2.45. The van der Waals surface area contributed by atoms with Gasteiger partial charge in [0.15, 0.2) is 0 Å². The monoisotopic (exact) mass is 458 g/mol. The molecule has 0 aromatic heterocycles. The third-order valence-electron chi connectivity index (χ3n) is 5.20. The zero-order valence-corrected chi connectivity index (χ0v) is 19.2. The average Bonchev–Trinajstić information content (AvgIpc) is 2.69. The number of aliphatic carboxylic acids is 1. The van der Waals surface area contributed by atoms with Gasteiger partial charge in [0, 0.05) is 5.41 Å². The summed E-state index contributed by atoms with van der Waals surface area (Å²) in [7, 11) is 0. The van der Waals surface area contributed by atoms with Crippen LogP contribution in [0.15, 0.2) is 91.0 Å². The predicted molar refractivity (Wildman–Crippen MR) is 127 cm³/mol. The molecule has 3 aromatic rings. The molecule has 148 valence electrons. The summed E-state index contributed by atoms with van der Waals surface area (Å²) in [6.45, 7) is 1.96. The molecule has 0 aliphatic carbocycles. The number of benzene rings is 3. The van der Waals surface area contributed by atoms with Crippen molar-refractivity contribution in [2.75, 3.05) is 0 Å². The maximum absolute atomic E-state index is 12.3. The highest BCUT2D eigenvalue weighted by atomic mass is 79.9. The summed E-state index contributed by atoms with van der Waals surface area (Å²) in [6, 6.07) is 30.3. The lowest BCUT2D eigenvalue weighted by Gasteiger charge is -2.40. The molecule has 0 saturated heterocycles. The Morgan fingerprint density at radius 3 is 1.57 bits per heavy atom. The number of carbonyl (C=O) groups is 1. The molecule has 2 nitrogen and oxygen atoms in total. The standard InChI is InChI=1S/C24H24O2.BrH.H3P/c1-2-22(23(25)26)24(20-14-8-4-9-15-20,21-16-10-5-11-17-21)18-19-12-6-3-7-13-19;;/h3-17,22H,2,18H2,1H3,(H,25,26);1H;1H3. The van der Waals surface area contributed by atoms with Gasteiger partial charge in [-0.15, -0.1) is 17.0 Å². The second-order valence-electron chi connectivity index (χ2n) is 6.66. The van der Waals surface area contributed by atoms with Crippen LogP contribution >= 0.6 is 26.9 Å². The fourth-order valence-electron chi connectivity index (χ4n) is 4.02. The number of rotatable bonds is 7. The summed E-state index contributed by atoms with van der Waals surface area (Å²) < 4.78 is 0. The fourth-order valence-corrected chi connectivity index (χ4v) is 4.02. The average molecular weight is 459 g/mol. The van der Waals surface area contributed by atoms with Crippen LogP contribution in [0.25, 0.3) is 0 Å². The molecule has 0 heterocycles. The van der Waals surface area contributed by atoms with E-state index < -0.39 is 17.3 Å². The van der Waals surface area contributed by atoms with Gasteiger partial charge in [-0.3, -0.25) is 4.79 Å². The molecule has 0 amide bonds. The van der Waals surface area contributed by atoms with Crippen LogP contribution in [0.5, 0.6) is 0 Å². The highest BCUT2D eigenvalue weighted by molar-refractivity contribution is 8.93. The van der Waals surface area contributed by atoms with Gasteiger partial charge in [0.2, 0.25) is 0 Å². The molecular formula is C24H28BrO2P. The molecule has 28 heavy (non-hydrogen) atoms. The molecule has 1 N–H and O–H groups in total. The largest absolute Gasteiger partial charge is 0.481 e. The molecule has 0 saturated carbocycles. The molecule has 0 bridgehead atoms. The van der Waals surface area contributed by atoms with Gasteiger partial charge < -0.3 is 5.11 Å². The Labute approximate surface area is 181 Å². The zero-order chi connectivity index (χ0) is 18.4. The Hall–Kier alpha value is -1.96. The van der Waals surface area contributed by atoms with E-state index in [1.165, 1.54) is 0 Å². The lowest BCUT2D eigenvalue weighted by atomic mass is 9.62. The molecule has 4 heteroatoms. The van der Waals surface area contributed by atoms with Crippen LogP contribution < -0.4 is 0 Å². The molecule has 0 spiro atoms. The Morgan fingerprint density at radius 1 is 0.821 bits per heavy atom. The lowest BCUT2D eigenvalue weighted by molar-refractivity contribution is -0.144. The quantitative estimate of drug-likeness (QED) is 0.443. The highest BCUT2D eigenvalue weighted by Crippen LogP contribution is 2.44. The van der Waals surface area contributed by atoms with E-state index in [9.17, 15) is 9.90 Å². The number of carboxylic acids is 1. The third kappa shape index (κ3) is 4.90.